The van der Waals surface area contributed by atoms with Gasteiger partial charge in [0.2, 0.25) is 10.2 Å². The first kappa shape index (κ1) is 12.0. The van der Waals surface area contributed by atoms with Crippen LogP contribution in [-0.2, 0) is 0 Å². The maximum absolute atomic E-state index is 12.1. The first-order valence-corrected chi connectivity index (χ1v) is 7.76. The van der Waals surface area contributed by atoms with Gasteiger partial charge in [0.25, 0.3) is 0 Å². The lowest BCUT2D eigenvalue weighted by atomic mass is 10.0. The largest absolute Gasteiger partial charge is 0.281 e. The maximum atomic E-state index is 12.1. The minimum absolute atomic E-state index is 0.0560. The predicted octanol–water partition coefficient (Wildman–Crippen LogP) is 4.29. The standard InChI is InChI=1S/C16H8O2S2/c17-15-11-7-3-1-5-9(11)13(19-15)14-10-6-2-4-8-12(10)16(18)20-14/h1-8H/b14-13+. The summed E-state index contributed by atoms with van der Waals surface area (Å²) in [6.45, 7) is 0. The van der Waals surface area contributed by atoms with E-state index in [0.717, 1.165) is 32.1 Å². The van der Waals surface area contributed by atoms with Crippen LogP contribution in [0.25, 0.3) is 9.81 Å². The van der Waals surface area contributed by atoms with Crippen molar-refractivity contribution in [2.24, 2.45) is 0 Å². The van der Waals surface area contributed by atoms with E-state index in [9.17, 15) is 9.59 Å². The number of fused-ring (bicyclic) bond motifs is 2. The molecule has 2 nitrogen and oxygen atoms in total. The smallest absolute Gasteiger partial charge is 0.224 e. The fourth-order valence-corrected chi connectivity index (χ4v) is 4.64. The number of benzene rings is 2. The van der Waals surface area contributed by atoms with Crippen LogP contribution in [-0.4, -0.2) is 10.2 Å². The summed E-state index contributed by atoms with van der Waals surface area (Å²) in [4.78, 5) is 25.9. The lowest BCUT2D eigenvalue weighted by Crippen LogP contribution is -1.86. The Labute approximate surface area is 124 Å². The highest BCUT2D eigenvalue weighted by molar-refractivity contribution is 8.27. The Bertz CT molecular complexity index is 738. The average molecular weight is 296 g/mol. The SMILES string of the molecule is O=C1S/C(=C2/SC(=O)c3ccccc32)c2ccccc21. The molecule has 0 unspecified atom stereocenters. The molecule has 4 heteroatoms. The first-order valence-electron chi connectivity index (χ1n) is 6.13. The summed E-state index contributed by atoms with van der Waals surface area (Å²) in [6, 6.07) is 15.1. The Balaban J connectivity index is 1.99. The summed E-state index contributed by atoms with van der Waals surface area (Å²) >= 11 is 2.45. The highest BCUT2D eigenvalue weighted by Crippen LogP contribution is 2.52. The zero-order valence-corrected chi connectivity index (χ0v) is 11.9. The summed E-state index contributed by atoms with van der Waals surface area (Å²) in [5, 5.41) is 0.112. The summed E-state index contributed by atoms with van der Waals surface area (Å²) in [5.41, 5.74) is 3.35. The molecule has 0 aliphatic carbocycles. The molecule has 2 aliphatic heterocycles. The van der Waals surface area contributed by atoms with Gasteiger partial charge < -0.3 is 0 Å². The van der Waals surface area contributed by atoms with Crippen molar-refractivity contribution in [3.05, 3.63) is 70.8 Å². The van der Waals surface area contributed by atoms with E-state index in [1.54, 1.807) is 0 Å². The third-order valence-electron chi connectivity index (χ3n) is 3.38. The molecule has 0 bridgehead atoms. The van der Waals surface area contributed by atoms with Crippen molar-refractivity contribution in [3.8, 4) is 0 Å². The van der Waals surface area contributed by atoms with Gasteiger partial charge in [0.15, 0.2) is 0 Å². The van der Waals surface area contributed by atoms with E-state index in [2.05, 4.69) is 0 Å². The van der Waals surface area contributed by atoms with Gasteiger partial charge >= 0.3 is 0 Å². The lowest BCUT2D eigenvalue weighted by Gasteiger charge is -2.04. The second kappa shape index (κ2) is 4.36. The zero-order valence-electron chi connectivity index (χ0n) is 10.3. The van der Waals surface area contributed by atoms with Gasteiger partial charge in [-0.05, 0) is 35.7 Å². The van der Waals surface area contributed by atoms with E-state index in [4.69, 9.17) is 0 Å². The van der Waals surface area contributed by atoms with E-state index in [1.165, 1.54) is 23.5 Å². The van der Waals surface area contributed by atoms with Gasteiger partial charge in [-0.2, -0.15) is 0 Å². The molecule has 0 fully saturated rings. The number of rotatable bonds is 0. The van der Waals surface area contributed by atoms with Gasteiger partial charge in [-0.1, -0.05) is 36.4 Å². The van der Waals surface area contributed by atoms with Gasteiger partial charge in [0.05, 0.1) is 0 Å². The highest BCUT2D eigenvalue weighted by Gasteiger charge is 2.33. The van der Waals surface area contributed by atoms with Crippen molar-refractivity contribution in [3.63, 3.8) is 0 Å². The molecule has 0 spiro atoms. The molecule has 96 valence electrons. The number of carbonyl (C=O) groups excluding carboxylic acids is 2. The normalized spacial score (nSPS) is 20.2. The zero-order chi connectivity index (χ0) is 13.7. The van der Waals surface area contributed by atoms with Crippen molar-refractivity contribution in [1.29, 1.82) is 0 Å². The molecule has 2 aromatic rings. The maximum Gasteiger partial charge on any atom is 0.224 e. The molecule has 0 aromatic heterocycles. The number of hydrogen-bond acceptors (Lipinski definition) is 4. The van der Waals surface area contributed by atoms with Crippen LogP contribution in [0.1, 0.15) is 31.8 Å². The van der Waals surface area contributed by atoms with Crippen LogP contribution in [0.4, 0.5) is 0 Å². The van der Waals surface area contributed by atoms with Gasteiger partial charge in [0, 0.05) is 32.1 Å². The highest BCUT2D eigenvalue weighted by atomic mass is 32.2. The summed E-state index contributed by atoms with van der Waals surface area (Å²) in [6.07, 6.45) is 0. The molecular weight excluding hydrogens is 288 g/mol. The minimum atomic E-state index is 0.0560. The van der Waals surface area contributed by atoms with E-state index in [0.29, 0.717) is 0 Å². The number of hydrogen-bond donors (Lipinski definition) is 0. The van der Waals surface area contributed by atoms with Gasteiger partial charge in [0.1, 0.15) is 0 Å². The summed E-state index contributed by atoms with van der Waals surface area (Å²) in [5.74, 6) is 0. The average Bonchev–Trinajstić information content (AvgIpc) is 2.99. The van der Waals surface area contributed by atoms with Crippen LogP contribution in [0.15, 0.2) is 48.5 Å². The van der Waals surface area contributed by atoms with Crippen molar-refractivity contribution < 1.29 is 9.59 Å². The third-order valence-corrected chi connectivity index (χ3v) is 5.58. The molecule has 0 saturated heterocycles. The fourth-order valence-electron chi connectivity index (χ4n) is 2.46. The summed E-state index contributed by atoms with van der Waals surface area (Å²) in [7, 11) is 0. The second-order valence-corrected chi connectivity index (χ2v) is 6.49. The van der Waals surface area contributed by atoms with Crippen molar-refractivity contribution >= 4 is 43.6 Å². The van der Waals surface area contributed by atoms with Crippen molar-refractivity contribution in [2.75, 3.05) is 0 Å². The van der Waals surface area contributed by atoms with Crippen molar-refractivity contribution in [2.45, 2.75) is 0 Å². The van der Waals surface area contributed by atoms with E-state index >= 15 is 0 Å². The minimum Gasteiger partial charge on any atom is -0.281 e. The van der Waals surface area contributed by atoms with Gasteiger partial charge in [-0.3, -0.25) is 9.59 Å². The van der Waals surface area contributed by atoms with Gasteiger partial charge in [-0.15, -0.1) is 0 Å². The molecule has 0 radical (unpaired) electrons. The molecule has 2 heterocycles. The Morgan fingerprint density at radius 2 is 0.900 bits per heavy atom. The first-order chi connectivity index (χ1) is 9.75. The Morgan fingerprint density at radius 3 is 1.30 bits per heavy atom. The topological polar surface area (TPSA) is 34.1 Å². The molecule has 2 aliphatic rings. The lowest BCUT2D eigenvalue weighted by molar-refractivity contribution is 0.108. The monoisotopic (exact) mass is 296 g/mol. The summed E-state index contributed by atoms with van der Waals surface area (Å²) < 4.78 is 0. The fraction of sp³-hybridized carbons (Fsp3) is 0. The number of thioether (sulfide) groups is 2. The molecular formula is C16H8O2S2. The quantitative estimate of drug-likeness (QED) is 0.726. The predicted molar refractivity (Wildman–Crippen MR) is 83.5 cm³/mol. The van der Waals surface area contributed by atoms with E-state index in [1.807, 2.05) is 48.5 Å². The molecule has 0 atom stereocenters. The van der Waals surface area contributed by atoms with E-state index in [-0.39, 0.29) is 10.2 Å². The van der Waals surface area contributed by atoms with Crippen molar-refractivity contribution in [1.82, 2.24) is 0 Å². The third kappa shape index (κ3) is 1.62. The van der Waals surface area contributed by atoms with Crippen LogP contribution in [0.2, 0.25) is 0 Å². The van der Waals surface area contributed by atoms with Crippen LogP contribution in [0.3, 0.4) is 0 Å². The van der Waals surface area contributed by atoms with E-state index < -0.39 is 0 Å². The number of carbonyl (C=O) groups is 2. The Morgan fingerprint density at radius 1 is 0.550 bits per heavy atom. The molecule has 0 N–H and O–H groups in total. The molecule has 0 amide bonds. The van der Waals surface area contributed by atoms with Crippen LogP contribution in [0.5, 0.6) is 0 Å². The molecule has 20 heavy (non-hydrogen) atoms. The van der Waals surface area contributed by atoms with Crippen LogP contribution >= 0.6 is 23.5 Å². The molecule has 2 aromatic carbocycles. The Kier molecular flexibility index (Phi) is 2.62. The van der Waals surface area contributed by atoms with Gasteiger partial charge in [-0.25, -0.2) is 0 Å². The second-order valence-electron chi connectivity index (χ2n) is 4.53. The molecule has 0 saturated carbocycles. The molecule has 4 rings (SSSR count). The van der Waals surface area contributed by atoms with Crippen LogP contribution in [0, 0.1) is 0 Å². The van der Waals surface area contributed by atoms with Crippen LogP contribution < -0.4 is 0 Å². The Hall–Kier alpha value is -1.78.